The van der Waals surface area contributed by atoms with Gasteiger partial charge in [0.2, 0.25) is 0 Å². The van der Waals surface area contributed by atoms with E-state index in [9.17, 15) is 4.39 Å². The van der Waals surface area contributed by atoms with E-state index < -0.39 is 5.38 Å². The molecule has 0 amide bonds. The van der Waals surface area contributed by atoms with Gasteiger partial charge in [0.05, 0.1) is 9.71 Å². The van der Waals surface area contributed by atoms with Crippen LogP contribution in [0.4, 0.5) is 4.39 Å². The van der Waals surface area contributed by atoms with Crippen LogP contribution in [0.15, 0.2) is 36.4 Å². The van der Waals surface area contributed by atoms with Crippen molar-refractivity contribution in [3.8, 4) is 0 Å². The largest absolute Gasteiger partial charge is 0.207 e. The SMILES string of the molecule is Fc1ccccc1C(Cl)c1ccc(Cl)s1. The van der Waals surface area contributed by atoms with Crippen LogP contribution < -0.4 is 0 Å². The van der Waals surface area contributed by atoms with Crippen LogP contribution in [0.2, 0.25) is 4.34 Å². The first-order valence-electron chi connectivity index (χ1n) is 4.32. The highest BCUT2D eigenvalue weighted by Crippen LogP contribution is 2.36. The third-order valence-electron chi connectivity index (χ3n) is 2.02. The van der Waals surface area contributed by atoms with E-state index in [1.807, 2.05) is 6.07 Å². The van der Waals surface area contributed by atoms with Crippen LogP contribution in [-0.4, -0.2) is 0 Å². The number of alkyl halides is 1. The molecule has 0 aliphatic carbocycles. The van der Waals surface area contributed by atoms with Gasteiger partial charge >= 0.3 is 0 Å². The predicted molar refractivity (Wildman–Crippen MR) is 63.4 cm³/mol. The molecule has 0 bridgehead atoms. The number of rotatable bonds is 2. The Kier molecular flexibility index (Phi) is 3.29. The summed E-state index contributed by atoms with van der Waals surface area (Å²) in [4.78, 5) is 0.853. The maximum atomic E-state index is 13.4. The van der Waals surface area contributed by atoms with E-state index in [4.69, 9.17) is 23.2 Å². The van der Waals surface area contributed by atoms with Crippen LogP contribution in [0, 0.1) is 5.82 Å². The molecule has 0 saturated carbocycles. The maximum Gasteiger partial charge on any atom is 0.128 e. The molecule has 0 nitrogen and oxygen atoms in total. The second-order valence-corrected chi connectivity index (χ2v) is 5.21. The van der Waals surface area contributed by atoms with Crippen LogP contribution in [0.3, 0.4) is 0 Å². The second kappa shape index (κ2) is 4.52. The summed E-state index contributed by atoms with van der Waals surface area (Å²) < 4.78 is 14.1. The van der Waals surface area contributed by atoms with E-state index in [1.165, 1.54) is 17.4 Å². The van der Waals surface area contributed by atoms with Gasteiger partial charge in [-0.25, -0.2) is 4.39 Å². The molecule has 0 saturated heterocycles. The Labute approximate surface area is 101 Å². The number of benzene rings is 1. The average molecular weight is 261 g/mol. The van der Waals surface area contributed by atoms with Crippen LogP contribution in [-0.2, 0) is 0 Å². The minimum atomic E-state index is -0.469. The van der Waals surface area contributed by atoms with Crippen molar-refractivity contribution in [3.05, 3.63) is 57.0 Å². The highest BCUT2D eigenvalue weighted by Gasteiger charge is 2.16. The van der Waals surface area contributed by atoms with Gasteiger partial charge in [0.15, 0.2) is 0 Å². The molecule has 1 atom stereocenters. The Morgan fingerprint density at radius 3 is 2.47 bits per heavy atom. The van der Waals surface area contributed by atoms with E-state index in [2.05, 4.69) is 0 Å². The fourth-order valence-corrected chi connectivity index (χ4v) is 2.74. The molecule has 1 heterocycles. The summed E-state index contributed by atoms with van der Waals surface area (Å²) in [5.41, 5.74) is 0.484. The van der Waals surface area contributed by atoms with Crippen molar-refractivity contribution in [2.24, 2.45) is 0 Å². The topological polar surface area (TPSA) is 0 Å². The molecule has 0 aliphatic rings. The Morgan fingerprint density at radius 2 is 1.87 bits per heavy atom. The minimum absolute atomic E-state index is 0.290. The second-order valence-electron chi connectivity index (χ2n) is 3.03. The molecule has 1 unspecified atom stereocenters. The Balaban J connectivity index is 2.36. The molecule has 2 aromatic rings. The molecule has 0 spiro atoms. The average Bonchev–Trinajstić information content (AvgIpc) is 2.65. The summed E-state index contributed by atoms with van der Waals surface area (Å²) >= 11 is 13.3. The first-order valence-corrected chi connectivity index (χ1v) is 5.95. The zero-order valence-electron chi connectivity index (χ0n) is 7.58. The molecular formula is C11H7Cl2FS. The van der Waals surface area contributed by atoms with Gasteiger partial charge in [0.1, 0.15) is 5.82 Å². The van der Waals surface area contributed by atoms with Gasteiger partial charge in [0, 0.05) is 10.4 Å². The molecule has 2 rings (SSSR count). The number of halogens is 3. The van der Waals surface area contributed by atoms with Crippen molar-refractivity contribution in [3.63, 3.8) is 0 Å². The smallest absolute Gasteiger partial charge is 0.128 e. The van der Waals surface area contributed by atoms with Crippen LogP contribution in [0.5, 0.6) is 0 Å². The molecule has 1 aromatic carbocycles. The normalized spacial score (nSPS) is 12.7. The van der Waals surface area contributed by atoms with Gasteiger partial charge in [-0.2, -0.15) is 0 Å². The van der Waals surface area contributed by atoms with Gasteiger partial charge in [-0.1, -0.05) is 29.8 Å². The lowest BCUT2D eigenvalue weighted by atomic mass is 10.1. The molecule has 1 aromatic heterocycles. The van der Waals surface area contributed by atoms with Crippen molar-refractivity contribution in [2.45, 2.75) is 5.38 Å². The van der Waals surface area contributed by atoms with Gasteiger partial charge in [0.25, 0.3) is 0 Å². The van der Waals surface area contributed by atoms with Crippen LogP contribution in [0.25, 0.3) is 0 Å². The molecule has 4 heteroatoms. The summed E-state index contributed by atoms with van der Waals surface area (Å²) in [5.74, 6) is -0.290. The maximum absolute atomic E-state index is 13.4. The zero-order chi connectivity index (χ0) is 10.8. The van der Waals surface area contributed by atoms with Crippen molar-refractivity contribution in [1.82, 2.24) is 0 Å². The molecular weight excluding hydrogens is 254 g/mol. The highest BCUT2D eigenvalue weighted by molar-refractivity contribution is 7.16. The van der Waals surface area contributed by atoms with Gasteiger partial charge < -0.3 is 0 Å². The Morgan fingerprint density at radius 1 is 1.13 bits per heavy atom. The fourth-order valence-electron chi connectivity index (χ4n) is 1.30. The standard InChI is InChI=1S/C11H7Cl2FS/c12-10-6-5-9(15-10)11(13)7-3-1-2-4-8(7)14/h1-6,11H. The summed E-state index contributed by atoms with van der Waals surface area (Å²) in [5, 5.41) is -0.469. The lowest BCUT2D eigenvalue weighted by molar-refractivity contribution is 0.613. The van der Waals surface area contributed by atoms with Crippen molar-refractivity contribution in [1.29, 1.82) is 0 Å². The number of hydrogen-bond acceptors (Lipinski definition) is 1. The Hall–Kier alpha value is -0.570. The molecule has 0 radical (unpaired) electrons. The van der Waals surface area contributed by atoms with E-state index >= 15 is 0 Å². The minimum Gasteiger partial charge on any atom is -0.207 e. The zero-order valence-corrected chi connectivity index (χ0v) is 9.91. The molecule has 0 aliphatic heterocycles. The van der Waals surface area contributed by atoms with E-state index in [0.717, 1.165) is 4.88 Å². The number of hydrogen-bond donors (Lipinski definition) is 0. The first-order chi connectivity index (χ1) is 7.18. The summed E-state index contributed by atoms with van der Waals surface area (Å²) in [6.45, 7) is 0. The van der Waals surface area contributed by atoms with Gasteiger partial charge in [-0.15, -0.1) is 22.9 Å². The quantitative estimate of drug-likeness (QED) is 0.676. The molecule has 0 N–H and O–H groups in total. The first kappa shape index (κ1) is 10.9. The summed E-state index contributed by atoms with van der Waals surface area (Å²) in [6, 6.07) is 10.1. The third kappa shape index (κ3) is 2.33. The van der Waals surface area contributed by atoms with Crippen molar-refractivity contribution in [2.75, 3.05) is 0 Å². The lowest BCUT2D eigenvalue weighted by Gasteiger charge is -2.08. The fraction of sp³-hybridized carbons (Fsp3) is 0.0909. The van der Waals surface area contributed by atoms with E-state index in [0.29, 0.717) is 9.90 Å². The van der Waals surface area contributed by atoms with Crippen LogP contribution >= 0.6 is 34.5 Å². The van der Waals surface area contributed by atoms with E-state index in [1.54, 1.807) is 24.3 Å². The molecule has 78 valence electrons. The van der Waals surface area contributed by atoms with Crippen molar-refractivity contribution >= 4 is 34.5 Å². The monoisotopic (exact) mass is 260 g/mol. The van der Waals surface area contributed by atoms with Crippen LogP contribution in [0.1, 0.15) is 15.8 Å². The van der Waals surface area contributed by atoms with E-state index in [-0.39, 0.29) is 5.82 Å². The molecule has 15 heavy (non-hydrogen) atoms. The Bertz CT molecular complexity index is 467. The lowest BCUT2D eigenvalue weighted by Crippen LogP contribution is -1.93. The number of thiophene rings is 1. The van der Waals surface area contributed by atoms with Gasteiger partial charge in [-0.3, -0.25) is 0 Å². The summed E-state index contributed by atoms with van der Waals surface area (Å²) in [7, 11) is 0. The van der Waals surface area contributed by atoms with Crippen molar-refractivity contribution < 1.29 is 4.39 Å². The molecule has 0 fully saturated rings. The highest BCUT2D eigenvalue weighted by atomic mass is 35.5. The third-order valence-corrected chi connectivity index (χ3v) is 3.92. The van der Waals surface area contributed by atoms with Gasteiger partial charge in [-0.05, 0) is 18.2 Å². The predicted octanol–water partition coefficient (Wildman–Crippen LogP) is 4.87. The summed E-state index contributed by atoms with van der Waals surface area (Å²) in [6.07, 6.45) is 0.